The van der Waals surface area contributed by atoms with Crippen molar-refractivity contribution in [3.05, 3.63) is 29.8 Å². The van der Waals surface area contributed by atoms with Gasteiger partial charge in [0, 0.05) is 18.2 Å². The van der Waals surface area contributed by atoms with Gasteiger partial charge in [-0.25, -0.2) is 0 Å². The first-order valence-corrected chi connectivity index (χ1v) is 7.34. The molecule has 1 aromatic rings. The van der Waals surface area contributed by atoms with Gasteiger partial charge in [0.2, 0.25) is 0 Å². The Morgan fingerprint density at radius 1 is 1.25 bits per heavy atom. The van der Waals surface area contributed by atoms with Gasteiger partial charge in [0.15, 0.2) is 6.10 Å². The van der Waals surface area contributed by atoms with E-state index in [0.29, 0.717) is 0 Å². The Bertz CT molecular complexity index is 421. The second-order valence-electron chi connectivity index (χ2n) is 4.97. The molecule has 4 heteroatoms. The van der Waals surface area contributed by atoms with Crippen LogP contribution in [0.25, 0.3) is 0 Å². The number of benzene rings is 1. The van der Waals surface area contributed by atoms with E-state index in [2.05, 4.69) is 17.6 Å². The molecule has 1 aromatic carbocycles. The highest BCUT2D eigenvalue weighted by atomic mass is 16.5. The summed E-state index contributed by atoms with van der Waals surface area (Å²) >= 11 is 0. The van der Waals surface area contributed by atoms with Crippen LogP contribution in [-0.4, -0.2) is 24.6 Å². The average Bonchev–Trinajstić information content (AvgIpc) is 2.46. The molecule has 0 fully saturated rings. The van der Waals surface area contributed by atoms with Gasteiger partial charge in [0.1, 0.15) is 5.75 Å². The van der Waals surface area contributed by atoms with Crippen LogP contribution < -0.4 is 15.4 Å². The normalized spacial score (nSPS) is 13.6. The lowest BCUT2D eigenvalue weighted by atomic mass is 10.2. The lowest BCUT2D eigenvalue weighted by Gasteiger charge is -2.19. The van der Waals surface area contributed by atoms with Gasteiger partial charge in [-0.05, 0) is 32.9 Å². The second kappa shape index (κ2) is 8.59. The SMILES string of the molecule is CCNCc1ccccc1OC(C)C(=O)NC(C)CC. The Kier molecular flexibility index (Phi) is 7.09. The molecular weight excluding hydrogens is 252 g/mol. The molecule has 20 heavy (non-hydrogen) atoms. The molecule has 0 saturated heterocycles. The number of carbonyl (C=O) groups is 1. The summed E-state index contributed by atoms with van der Waals surface area (Å²) in [5, 5.41) is 6.20. The minimum absolute atomic E-state index is 0.0717. The molecule has 2 N–H and O–H groups in total. The molecule has 0 heterocycles. The minimum atomic E-state index is -0.494. The monoisotopic (exact) mass is 278 g/mol. The third kappa shape index (κ3) is 5.21. The molecule has 0 aliphatic heterocycles. The van der Waals surface area contributed by atoms with Crippen LogP contribution in [0.2, 0.25) is 0 Å². The largest absolute Gasteiger partial charge is 0.481 e. The molecule has 4 nitrogen and oxygen atoms in total. The van der Waals surface area contributed by atoms with E-state index in [9.17, 15) is 4.79 Å². The van der Waals surface area contributed by atoms with Gasteiger partial charge in [-0.15, -0.1) is 0 Å². The summed E-state index contributed by atoms with van der Waals surface area (Å²) in [6, 6.07) is 7.98. The third-order valence-electron chi connectivity index (χ3n) is 3.21. The fraction of sp³-hybridized carbons (Fsp3) is 0.562. The quantitative estimate of drug-likeness (QED) is 0.768. The smallest absolute Gasteiger partial charge is 0.260 e. The van der Waals surface area contributed by atoms with Crippen molar-refractivity contribution < 1.29 is 9.53 Å². The van der Waals surface area contributed by atoms with E-state index >= 15 is 0 Å². The van der Waals surface area contributed by atoms with Crippen molar-refractivity contribution in [2.75, 3.05) is 6.54 Å². The van der Waals surface area contributed by atoms with E-state index < -0.39 is 6.10 Å². The van der Waals surface area contributed by atoms with Crippen LogP contribution in [-0.2, 0) is 11.3 Å². The summed E-state index contributed by atoms with van der Waals surface area (Å²) in [7, 11) is 0. The maximum atomic E-state index is 12.0. The Labute approximate surface area is 121 Å². The molecule has 1 rings (SSSR count). The van der Waals surface area contributed by atoms with Crippen LogP contribution in [0.5, 0.6) is 5.75 Å². The van der Waals surface area contributed by atoms with Crippen LogP contribution in [0, 0.1) is 0 Å². The minimum Gasteiger partial charge on any atom is -0.481 e. The van der Waals surface area contributed by atoms with Crippen LogP contribution >= 0.6 is 0 Å². The Balaban J connectivity index is 2.65. The molecule has 2 unspecified atom stereocenters. The van der Waals surface area contributed by atoms with Crippen LogP contribution in [0.15, 0.2) is 24.3 Å². The van der Waals surface area contributed by atoms with Gasteiger partial charge in [-0.3, -0.25) is 4.79 Å². The molecule has 0 aliphatic carbocycles. The molecule has 0 aliphatic rings. The number of carbonyl (C=O) groups excluding carboxylic acids is 1. The molecule has 0 spiro atoms. The number of hydrogen-bond acceptors (Lipinski definition) is 3. The zero-order valence-electron chi connectivity index (χ0n) is 12.9. The van der Waals surface area contributed by atoms with Crippen molar-refractivity contribution in [3.63, 3.8) is 0 Å². The van der Waals surface area contributed by atoms with E-state index in [1.807, 2.05) is 38.1 Å². The van der Waals surface area contributed by atoms with E-state index in [1.165, 1.54) is 0 Å². The zero-order valence-corrected chi connectivity index (χ0v) is 12.9. The second-order valence-corrected chi connectivity index (χ2v) is 4.97. The first kappa shape index (κ1) is 16.5. The molecule has 0 bridgehead atoms. The topological polar surface area (TPSA) is 50.4 Å². The van der Waals surface area contributed by atoms with Crippen molar-refractivity contribution in [2.45, 2.75) is 52.8 Å². The number of para-hydroxylation sites is 1. The third-order valence-corrected chi connectivity index (χ3v) is 3.21. The first-order chi connectivity index (χ1) is 9.58. The van der Waals surface area contributed by atoms with Crippen LogP contribution in [0.4, 0.5) is 0 Å². The van der Waals surface area contributed by atoms with E-state index in [1.54, 1.807) is 6.92 Å². The summed E-state index contributed by atoms with van der Waals surface area (Å²) < 4.78 is 5.80. The van der Waals surface area contributed by atoms with Crippen molar-refractivity contribution in [1.82, 2.24) is 10.6 Å². The number of rotatable bonds is 8. The van der Waals surface area contributed by atoms with Gasteiger partial charge < -0.3 is 15.4 Å². The molecule has 0 radical (unpaired) electrons. The first-order valence-electron chi connectivity index (χ1n) is 7.34. The van der Waals surface area contributed by atoms with Crippen molar-refractivity contribution in [2.24, 2.45) is 0 Å². The Hall–Kier alpha value is -1.55. The number of nitrogens with one attached hydrogen (secondary N) is 2. The van der Waals surface area contributed by atoms with Crippen LogP contribution in [0.1, 0.15) is 39.7 Å². The highest BCUT2D eigenvalue weighted by molar-refractivity contribution is 5.81. The average molecular weight is 278 g/mol. The molecule has 112 valence electrons. The number of amides is 1. The summed E-state index contributed by atoms with van der Waals surface area (Å²) in [5.74, 6) is 0.692. The number of ether oxygens (including phenoxy) is 1. The molecule has 2 atom stereocenters. The Morgan fingerprint density at radius 2 is 1.95 bits per heavy atom. The van der Waals surface area contributed by atoms with E-state index in [-0.39, 0.29) is 11.9 Å². The van der Waals surface area contributed by atoms with Crippen LogP contribution in [0.3, 0.4) is 0 Å². The van der Waals surface area contributed by atoms with Gasteiger partial charge in [-0.1, -0.05) is 32.0 Å². The predicted molar refractivity (Wildman–Crippen MR) is 81.8 cm³/mol. The molecule has 0 aromatic heterocycles. The maximum absolute atomic E-state index is 12.0. The molecule has 0 saturated carbocycles. The van der Waals surface area contributed by atoms with Crippen molar-refractivity contribution in [3.8, 4) is 5.75 Å². The summed E-state index contributed by atoms with van der Waals surface area (Å²) in [6.45, 7) is 9.52. The highest BCUT2D eigenvalue weighted by Gasteiger charge is 2.17. The summed E-state index contributed by atoms with van der Waals surface area (Å²) in [6.07, 6.45) is 0.418. The zero-order chi connectivity index (χ0) is 15.0. The molecular formula is C16H26N2O2. The Morgan fingerprint density at radius 3 is 2.60 bits per heavy atom. The maximum Gasteiger partial charge on any atom is 0.260 e. The van der Waals surface area contributed by atoms with Crippen molar-refractivity contribution >= 4 is 5.91 Å². The van der Waals surface area contributed by atoms with Gasteiger partial charge in [-0.2, -0.15) is 0 Å². The van der Waals surface area contributed by atoms with Crippen molar-refractivity contribution in [1.29, 1.82) is 0 Å². The summed E-state index contributed by atoms with van der Waals surface area (Å²) in [5.41, 5.74) is 1.07. The standard InChI is InChI=1S/C16H26N2O2/c1-5-12(3)18-16(19)13(4)20-15-10-8-7-9-14(15)11-17-6-2/h7-10,12-13,17H,5-6,11H2,1-4H3,(H,18,19). The van der Waals surface area contributed by atoms with Gasteiger partial charge >= 0.3 is 0 Å². The fourth-order valence-corrected chi connectivity index (χ4v) is 1.73. The predicted octanol–water partition coefficient (Wildman–Crippen LogP) is 2.48. The van der Waals surface area contributed by atoms with E-state index in [0.717, 1.165) is 30.8 Å². The lowest BCUT2D eigenvalue weighted by Crippen LogP contribution is -2.41. The fourth-order valence-electron chi connectivity index (χ4n) is 1.73. The highest BCUT2D eigenvalue weighted by Crippen LogP contribution is 2.19. The summed E-state index contributed by atoms with van der Waals surface area (Å²) in [4.78, 5) is 12.0. The van der Waals surface area contributed by atoms with Gasteiger partial charge in [0.05, 0.1) is 0 Å². The number of hydrogen-bond donors (Lipinski definition) is 2. The lowest BCUT2D eigenvalue weighted by molar-refractivity contribution is -0.127. The molecule has 1 amide bonds. The van der Waals surface area contributed by atoms with Gasteiger partial charge in [0.25, 0.3) is 5.91 Å². The van der Waals surface area contributed by atoms with E-state index in [4.69, 9.17) is 4.74 Å².